The minimum atomic E-state index is 0.272. The second-order valence-electron chi connectivity index (χ2n) is 7.00. The van der Waals surface area contributed by atoms with Gasteiger partial charge in [0.05, 0.1) is 0 Å². The molecule has 24 heavy (non-hydrogen) atoms. The first-order valence-electron chi connectivity index (χ1n) is 9.05. The molecule has 0 spiro atoms. The number of likely N-dealkylation sites (tertiary alicyclic amines) is 1. The molecule has 5 nitrogen and oxygen atoms in total. The summed E-state index contributed by atoms with van der Waals surface area (Å²) in [5.74, 6) is 1.88. The number of rotatable bonds is 3. The molecule has 1 atom stereocenters. The fourth-order valence-electron chi connectivity index (χ4n) is 4.06. The monoisotopic (exact) mass is 324 g/mol. The molecule has 3 heterocycles. The van der Waals surface area contributed by atoms with Crippen molar-refractivity contribution < 1.29 is 4.79 Å². The van der Waals surface area contributed by atoms with Crippen LogP contribution in [0.1, 0.15) is 50.1 Å². The van der Waals surface area contributed by atoms with Gasteiger partial charge in [-0.25, -0.2) is 9.97 Å². The molecule has 4 rings (SSSR count). The van der Waals surface area contributed by atoms with Crippen LogP contribution in [-0.4, -0.2) is 38.4 Å². The number of piperidine rings is 1. The molecule has 1 unspecified atom stereocenters. The van der Waals surface area contributed by atoms with Crippen molar-refractivity contribution in [3.05, 3.63) is 42.6 Å². The van der Waals surface area contributed by atoms with E-state index in [9.17, 15) is 4.79 Å². The number of carbonyl (C=O) groups is 1. The Hall–Kier alpha value is -2.17. The first-order chi connectivity index (χ1) is 11.8. The van der Waals surface area contributed by atoms with Crippen molar-refractivity contribution in [3.63, 3.8) is 0 Å². The van der Waals surface area contributed by atoms with Crippen LogP contribution in [0.4, 0.5) is 0 Å². The average Bonchev–Trinajstić information content (AvgIpc) is 3.35. The molecular weight excluding hydrogens is 300 g/mol. The van der Waals surface area contributed by atoms with Crippen molar-refractivity contribution in [2.45, 2.75) is 44.4 Å². The number of imidazole rings is 1. The van der Waals surface area contributed by atoms with Crippen LogP contribution < -0.4 is 0 Å². The van der Waals surface area contributed by atoms with E-state index >= 15 is 0 Å². The number of nitrogens with zero attached hydrogens (tertiary/aromatic N) is 4. The van der Waals surface area contributed by atoms with Gasteiger partial charge in [0.15, 0.2) is 0 Å². The largest absolute Gasteiger partial charge is 0.342 e. The molecule has 1 saturated heterocycles. The minimum absolute atomic E-state index is 0.272. The maximum atomic E-state index is 12.7. The number of hydrogen-bond donors (Lipinski definition) is 0. The van der Waals surface area contributed by atoms with Crippen LogP contribution in [0.25, 0.3) is 5.82 Å². The Kier molecular flexibility index (Phi) is 4.32. The molecule has 0 bridgehead atoms. The van der Waals surface area contributed by atoms with E-state index in [-0.39, 0.29) is 5.92 Å². The number of carbonyl (C=O) groups excluding carboxylic acids is 1. The Bertz CT molecular complexity index is 691. The van der Waals surface area contributed by atoms with E-state index in [1.807, 2.05) is 16.8 Å². The summed E-state index contributed by atoms with van der Waals surface area (Å²) in [5.41, 5.74) is 1.09. The summed E-state index contributed by atoms with van der Waals surface area (Å²) >= 11 is 0. The standard InChI is InChI=1S/C19H24N4O/c24-19(15-5-1-2-6-15)22-11-4-7-16(13-22)17-8-3-9-18(21-17)23-12-10-20-14-23/h3,8-10,12,14-16H,1-2,4-7,11,13H2. The first-order valence-corrected chi connectivity index (χ1v) is 9.05. The first kappa shape index (κ1) is 15.4. The Labute approximate surface area is 142 Å². The van der Waals surface area contributed by atoms with Gasteiger partial charge in [-0.15, -0.1) is 0 Å². The van der Waals surface area contributed by atoms with Gasteiger partial charge in [0.2, 0.25) is 5.91 Å². The fraction of sp³-hybridized carbons (Fsp3) is 0.526. The van der Waals surface area contributed by atoms with E-state index in [4.69, 9.17) is 4.98 Å². The van der Waals surface area contributed by atoms with Gasteiger partial charge in [-0.1, -0.05) is 18.9 Å². The van der Waals surface area contributed by atoms with Crippen LogP contribution in [0.5, 0.6) is 0 Å². The van der Waals surface area contributed by atoms with Gasteiger partial charge in [0, 0.05) is 43.0 Å². The fourth-order valence-corrected chi connectivity index (χ4v) is 4.06. The van der Waals surface area contributed by atoms with Gasteiger partial charge < -0.3 is 4.90 Å². The van der Waals surface area contributed by atoms with Gasteiger partial charge in [0.25, 0.3) is 0 Å². The van der Waals surface area contributed by atoms with Gasteiger partial charge in [-0.3, -0.25) is 9.36 Å². The topological polar surface area (TPSA) is 51.0 Å². The molecule has 5 heteroatoms. The van der Waals surface area contributed by atoms with E-state index in [0.29, 0.717) is 11.8 Å². The molecule has 2 fully saturated rings. The van der Waals surface area contributed by atoms with Crippen molar-refractivity contribution in [1.82, 2.24) is 19.4 Å². The third-order valence-electron chi connectivity index (χ3n) is 5.38. The second-order valence-corrected chi connectivity index (χ2v) is 7.00. The maximum Gasteiger partial charge on any atom is 0.225 e. The Morgan fingerprint density at radius 3 is 2.79 bits per heavy atom. The third-order valence-corrected chi connectivity index (χ3v) is 5.38. The number of hydrogen-bond acceptors (Lipinski definition) is 3. The van der Waals surface area contributed by atoms with Crippen LogP contribution in [0, 0.1) is 5.92 Å². The summed E-state index contributed by atoms with van der Waals surface area (Å²) < 4.78 is 1.92. The molecule has 2 aliphatic rings. The molecular formula is C19H24N4O. The molecule has 0 aromatic carbocycles. The summed E-state index contributed by atoms with van der Waals surface area (Å²) in [6, 6.07) is 6.14. The SMILES string of the molecule is O=C(C1CCCC1)N1CCCC(c2cccc(-n3ccnc3)n2)C1. The van der Waals surface area contributed by atoms with Crippen LogP contribution in [0.3, 0.4) is 0 Å². The molecule has 1 aliphatic carbocycles. The highest BCUT2D eigenvalue weighted by Crippen LogP contribution is 2.31. The number of pyridine rings is 1. The van der Waals surface area contributed by atoms with Crippen molar-refractivity contribution in [2.24, 2.45) is 5.92 Å². The highest BCUT2D eigenvalue weighted by Gasteiger charge is 2.31. The normalized spacial score (nSPS) is 22.0. The van der Waals surface area contributed by atoms with Crippen LogP contribution in [-0.2, 0) is 4.79 Å². The Balaban J connectivity index is 1.50. The van der Waals surface area contributed by atoms with E-state index in [0.717, 1.165) is 50.3 Å². The van der Waals surface area contributed by atoms with Crippen molar-refractivity contribution in [3.8, 4) is 5.82 Å². The number of aromatic nitrogens is 3. The van der Waals surface area contributed by atoms with E-state index < -0.39 is 0 Å². The lowest BCUT2D eigenvalue weighted by atomic mass is 9.93. The molecule has 1 amide bonds. The Morgan fingerprint density at radius 1 is 1.12 bits per heavy atom. The molecule has 2 aromatic rings. The summed E-state index contributed by atoms with van der Waals surface area (Å²) in [6.45, 7) is 1.72. The van der Waals surface area contributed by atoms with Crippen molar-refractivity contribution in [1.29, 1.82) is 0 Å². The van der Waals surface area contributed by atoms with Crippen LogP contribution in [0.15, 0.2) is 36.9 Å². The second kappa shape index (κ2) is 6.75. The minimum Gasteiger partial charge on any atom is -0.342 e. The van der Waals surface area contributed by atoms with Crippen molar-refractivity contribution in [2.75, 3.05) is 13.1 Å². The zero-order valence-corrected chi connectivity index (χ0v) is 14.0. The molecule has 2 aromatic heterocycles. The lowest BCUT2D eigenvalue weighted by Crippen LogP contribution is -2.42. The summed E-state index contributed by atoms with van der Waals surface area (Å²) in [6.07, 6.45) is 12.2. The third kappa shape index (κ3) is 3.07. The smallest absolute Gasteiger partial charge is 0.225 e. The molecule has 0 radical (unpaired) electrons. The lowest BCUT2D eigenvalue weighted by Gasteiger charge is -2.34. The van der Waals surface area contributed by atoms with Gasteiger partial charge >= 0.3 is 0 Å². The van der Waals surface area contributed by atoms with Crippen LogP contribution >= 0.6 is 0 Å². The predicted molar refractivity (Wildman–Crippen MR) is 91.9 cm³/mol. The lowest BCUT2D eigenvalue weighted by molar-refractivity contribution is -0.136. The van der Waals surface area contributed by atoms with Gasteiger partial charge in [-0.2, -0.15) is 0 Å². The van der Waals surface area contributed by atoms with Gasteiger partial charge in [-0.05, 0) is 37.8 Å². The van der Waals surface area contributed by atoms with E-state index in [1.165, 1.54) is 12.8 Å². The molecule has 126 valence electrons. The number of amides is 1. The Morgan fingerprint density at radius 2 is 2.00 bits per heavy atom. The average molecular weight is 324 g/mol. The maximum absolute atomic E-state index is 12.7. The summed E-state index contributed by atoms with van der Waals surface area (Å²) in [5, 5.41) is 0. The molecule has 1 saturated carbocycles. The summed E-state index contributed by atoms with van der Waals surface area (Å²) in [7, 11) is 0. The molecule has 1 aliphatic heterocycles. The predicted octanol–water partition coefficient (Wildman–Crippen LogP) is 3.16. The van der Waals surface area contributed by atoms with E-state index in [2.05, 4.69) is 22.0 Å². The van der Waals surface area contributed by atoms with Crippen LogP contribution in [0.2, 0.25) is 0 Å². The van der Waals surface area contributed by atoms with E-state index in [1.54, 1.807) is 12.5 Å². The quantitative estimate of drug-likeness (QED) is 0.871. The molecule has 0 N–H and O–H groups in total. The summed E-state index contributed by atoms with van der Waals surface area (Å²) in [4.78, 5) is 23.7. The zero-order chi connectivity index (χ0) is 16.4. The van der Waals surface area contributed by atoms with Crippen molar-refractivity contribution >= 4 is 5.91 Å². The highest BCUT2D eigenvalue weighted by molar-refractivity contribution is 5.79. The zero-order valence-electron chi connectivity index (χ0n) is 14.0. The highest BCUT2D eigenvalue weighted by atomic mass is 16.2. The van der Waals surface area contributed by atoms with Gasteiger partial charge in [0.1, 0.15) is 12.1 Å².